The van der Waals surface area contributed by atoms with Gasteiger partial charge in [0.1, 0.15) is 11.9 Å². The fourth-order valence-corrected chi connectivity index (χ4v) is 2.85. The molecule has 0 radical (unpaired) electrons. The van der Waals surface area contributed by atoms with Crippen LogP contribution >= 0.6 is 11.6 Å². The van der Waals surface area contributed by atoms with E-state index in [1.165, 1.54) is 26.0 Å². The van der Waals surface area contributed by atoms with Gasteiger partial charge in [0.2, 0.25) is 6.29 Å². The van der Waals surface area contributed by atoms with Gasteiger partial charge < -0.3 is 23.7 Å². The van der Waals surface area contributed by atoms with Gasteiger partial charge in [-0.05, 0) is 36.2 Å². The van der Waals surface area contributed by atoms with Gasteiger partial charge in [-0.3, -0.25) is 14.5 Å². The van der Waals surface area contributed by atoms with E-state index in [1.54, 1.807) is 32.4 Å². The van der Waals surface area contributed by atoms with E-state index in [0.29, 0.717) is 11.4 Å². The number of aryl methyl sites for hydroxylation is 1. The van der Waals surface area contributed by atoms with Crippen LogP contribution in [0, 0.1) is 6.92 Å². The van der Waals surface area contributed by atoms with E-state index >= 15 is 0 Å². The Balaban J connectivity index is 0.00000141. The molecule has 1 aliphatic heterocycles. The van der Waals surface area contributed by atoms with E-state index in [2.05, 4.69) is 4.74 Å². The van der Waals surface area contributed by atoms with E-state index in [4.69, 9.17) is 30.5 Å². The SMILES string of the molecule is COC.COC(=O)C1CC(OC(C)=O)CC(Oc2ccc(C)cc2N(C)C(=O)Cl)O1. The zero-order chi connectivity index (χ0) is 22.8. The van der Waals surface area contributed by atoms with Crippen LogP contribution in [0.2, 0.25) is 0 Å². The minimum atomic E-state index is -0.931. The van der Waals surface area contributed by atoms with Gasteiger partial charge in [-0.25, -0.2) is 4.79 Å². The van der Waals surface area contributed by atoms with Crippen LogP contribution in [0.25, 0.3) is 0 Å². The molecule has 10 heteroatoms. The summed E-state index contributed by atoms with van der Waals surface area (Å²) in [6.45, 7) is 3.15. The summed E-state index contributed by atoms with van der Waals surface area (Å²) in [6.07, 6.45) is -1.98. The molecule has 1 amide bonds. The molecule has 2 rings (SSSR count). The van der Waals surface area contributed by atoms with Gasteiger partial charge in [0.05, 0.1) is 12.8 Å². The summed E-state index contributed by atoms with van der Waals surface area (Å²) in [5, 5.41) is -0.680. The van der Waals surface area contributed by atoms with Crippen molar-refractivity contribution >= 4 is 34.6 Å². The average molecular weight is 446 g/mol. The highest BCUT2D eigenvalue weighted by Gasteiger charge is 2.37. The molecule has 0 bridgehead atoms. The highest BCUT2D eigenvalue weighted by atomic mass is 35.5. The van der Waals surface area contributed by atoms with Gasteiger partial charge in [0.25, 0.3) is 0 Å². The molecule has 1 aromatic rings. The first-order valence-electron chi connectivity index (χ1n) is 9.14. The Labute approximate surface area is 181 Å². The van der Waals surface area contributed by atoms with Gasteiger partial charge in [-0.15, -0.1) is 0 Å². The van der Waals surface area contributed by atoms with Crippen LogP contribution in [0.3, 0.4) is 0 Å². The lowest BCUT2D eigenvalue weighted by Gasteiger charge is -2.34. The fourth-order valence-electron chi connectivity index (χ4n) is 2.76. The summed E-state index contributed by atoms with van der Waals surface area (Å²) in [7, 11) is 6.01. The summed E-state index contributed by atoms with van der Waals surface area (Å²) in [5.74, 6) is -0.709. The van der Waals surface area contributed by atoms with E-state index in [9.17, 15) is 14.4 Å². The summed E-state index contributed by atoms with van der Waals surface area (Å²) in [5.41, 5.74) is 1.35. The Morgan fingerprint density at radius 1 is 1.17 bits per heavy atom. The van der Waals surface area contributed by atoms with Crippen molar-refractivity contribution in [1.29, 1.82) is 0 Å². The number of esters is 2. The monoisotopic (exact) mass is 445 g/mol. The van der Waals surface area contributed by atoms with E-state index in [-0.39, 0.29) is 12.8 Å². The van der Waals surface area contributed by atoms with Crippen molar-refractivity contribution < 1.29 is 38.1 Å². The normalized spacial score (nSPS) is 20.3. The maximum Gasteiger partial charge on any atom is 0.335 e. The molecule has 0 N–H and O–H groups in total. The highest BCUT2D eigenvalue weighted by molar-refractivity contribution is 6.66. The van der Waals surface area contributed by atoms with Gasteiger partial charge >= 0.3 is 17.3 Å². The second kappa shape index (κ2) is 12.4. The van der Waals surface area contributed by atoms with Crippen LogP contribution in [-0.4, -0.2) is 64.2 Å². The third kappa shape index (κ3) is 7.81. The molecule has 168 valence electrons. The molecule has 3 atom stereocenters. The second-order valence-corrected chi connectivity index (χ2v) is 6.91. The van der Waals surface area contributed by atoms with E-state index < -0.39 is 35.8 Å². The quantitative estimate of drug-likeness (QED) is 0.387. The van der Waals surface area contributed by atoms with Crippen LogP contribution in [0.4, 0.5) is 10.5 Å². The van der Waals surface area contributed by atoms with E-state index in [1.807, 2.05) is 6.92 Å². The Bertz CT molecular complexity index is 742. The third-order valence-electron chi connectivity index (χ3n) is 4.04. The molecular weight excluding hydrogens is 418 g/mol. The van der Waals surface area contributed by atoms with Crippen molar-refractivity contribution in [2.75, 3.05) is 33.3 Å². The lowest BCUT2D eigenvalue weighted by atomic mass is 10.0. The predicted molar refractivity (Wildman–Crippen MR) is 110 cm³/mol. The lowest BCUT2D eigenvalue weighted by molar-refractivity contribution is -0.204. The maximum atomic E-state index is 11.9. The number of methoxy groups -OCH3 is 2. The van der Waals surface area contributed by atoms with Crippen LogP contribution in [0.15, 0.2) is 18.2 Å². The number of amides is 1. The molecule has 0 spiro atoms. The smallest absolute Gasteiger partial charge is 0.335 e. The number of nitrogens with zero attached hydrogens (tertiary/aromatic N) is 1. The minimum Gasteiger partial charge on any atom is -0.467 e. The summed E-state index contributed by atoms with van der Waals surface area (Å²) < 4.78 is 25.7. The maximum absolute atomic E-state index is 11.9. The number of benzene rings is 1. The molecule has 0 saturated carbocycles. The minimum absolute atomic E-state index is 0.174. The van der Waals surface area contributed by atoms with Crippen LogP contribution in [-0.2, 0) is 28.5 Å². The number of carbonyl (C=O) groups is 3. The number of ether oxygens (including phenoxy) is 5. The fraction of sp³-hybridized carbons (Fsp3) is 0.550. The molecule has 0 aliphatic carbocycles. The van der Waals surface area contributed by atoms with Gasteiger partial charge in [-0.2, -0.15) is 0 Å². The van der Waals surface area contributed by atoms with Crippen molar-refractivity contribution in [3.63, 3.8) is 0 Å². The molecule has 1 fully saturated rings. The second-order valence-electron chi connectivity index (χ2n) is 6.59. The Morgan fingerprint density at radius 3 is 2.33 bits per heavy atom. The average Bonchev–Trinajstić information content (AvgIpc) is 2.68. The molecule has 1 aliphatic rings. The van der Waals surface area contributed by atoms with Crippen LogP contribution < -0.4 is 9.64 Å². The van der Waals surface area contributed by atoms with Crippen molar-refractivity contribution in [1.82, 2.24) is 0 Å². The van der Waals surface area contributed by atoms with Gasteiger partial charge in [-0.1, -0.05) is 6.07 Å². The van der Waals surface area contributed by atoms with Crippen LogP contribution in [0.1, 0.15) is 25.3 Å². The zero-order valence-electron chi connectivity index (χ0n) is 18.0. The van der Waals surface area contributed by atoms with Crippen LogP contribution in [0.5, 0.6) is 5.75 Å². The molecule has 30 heavy (non-hydrogen) atoms. The summed E-state index contributed by atoms with van der Waals surface area (Å²) in [4.78, 5) is 36.0. The number of carbonyl (C=O) groups excluding carboxylic acids is 3. The number of halogens is 1. The van der Waals surface area contributed by atoms with Gasteiger partial charge in [0, 0.05) is 41.0 Å². The Kier molecular flexibility index (Phi) is 10.6. The Hall–Kier alpha value is -2.36. The highest BCUT2D eigenvalue weighted by Crippen LogP contribution is 2.33. The van der Waals surface area contributed by atoms with Gasteiger partial charge in [0.15, 0.2) is 6.10 Å². The first-order valence-corrected chi connectivity index (χ1v) is 9.51. The molecule has 3 unspecified atom stereocenters. The molecule has 9 nitrogen and oxygen atoms in total. The number of anilines is 1. The Morgan fingerprint density at radius 2 is 1.80 bits per heavy atom. The summed E-state index contributed by atoms with van der Waals surface area (Å²) in [6, 6.07) is 5.21. The van der Waals surface area contributed by atoms with Crippen molar-refractivity contribution in [3.05, 3.63) is 23.8 Å². The topological polar surface area (TPSA) is 101 Å². The van der Waals surface area contributed by atoms with Crippen molar-refractivity contribution in [3.8, 4) is 5.75 Å². The standard InChI is InChI=1S/C18H22ClNO7.C2H6O/c1-10-5-6-14(13(7-10)20(3)18(19)23)26-16-9-12(25-11(2)21)8-15(27-16)17(22)24-4;1-3-2/h5-7,12,15-16H,8-9H2,1-4H3;1-2H3. The molecule has 1 heterocycles. The molecular formula is C20H28ClNO8. The van der Waals surface area contributed by atoms with Crippen molar-refractivity contribution in [2.24, 2.45) is 0 Å². The lowest BCUT2D eigenvalue weighted by Crippen LogP contribution is -2.44. The third-order valence-corrected chi connectivity index (χ3v) is 4.30. The number of hydrogen-bond acceptors (Lipinski definition) is 8. The molecule has 0 aromatic heterocycles. The first-order chi connectivity index (χ1) is 14.1. The largest absolute Gasteiger partial charge is 0.467 e. The summed E-state index contributed by atoms with van der Waals surface area (Å²) >= 11 is 5.58. The van der Waals surface area contributed by atoms with E-state index in [0.717, 1.165) is 5.56 Å². The molecule has 1 saturated heterocycles. The molecule has 1 aromatic carbocycles. The number of hydrogen-bond donors (Lipinski definition) is 0. The van der Waals surface area contributed by atoms with Crippen molar-refractivity contribution in [2.45, 2.75) is 45.2 Å². The predicted octanol–water partition coefficient (Wildman–Crippen LogP) is 3.04. The zero-order valence-corrected chi connectivity index (χ0v) is 18.7. The first kappa shape index (κ1) is 25.7. The number of rotatable bonds is 5.